The number of benzene rings is 1. The average Bonchev–Trinajstić information content (AvgIpc) is 2.34. The van der Waals surface area contributed by atoms with Crippen molar-refractivity contribution in [3.05, 3.63) is 30.5 Å². The van der Waals surface area contributed by atoms with Gasteiger partial charge in [0, 0.05) is 40.9 Å². The van der Waals surface area contributed by atoms with Crippen LogP contribution in [-0.4, -0.2) is 32.9 Å². The summed E-state index contributed by atoms with van der Waals surface area (Å²) >= 11 is 0. The molecule has 1 unspecified atom stereocenters. The van der Waals surface area contributed by atoms with Crippen molar-refractivity contribution in [2.45, 2.75) is 6.42 Å². The molecule has 0 aliphatic heterocycles. The fourth-order valence-corrected chi connectivity index (χ4v) is 2.33. The van der Waals surface area contributed by atoms with Gasteiger partial charge < -0.3 is 10.4 Å². The molecule has 5 heteroatoms. The highest BCUT2D eigenvalue weighted by atomic mass is 32.2. The molecule has 1 heterocycles. The van der Waals surface area contributed by atoms with Gasteiger partial charge in [-0.3, -0.25) is 4.21 Å². The van der Waals surface area contributed by atoms with Crippen LogP contribution in [0.15, 0.2) is 30.5 Å². The van der Waals surface area contributed by atoms with Crippen molar-refractivity contribution in [3.63, 3.8) is 0 Å². The van der Waals surface area contributed by atoms with Gasteiger partial charge in [-0.05, 0) is 30.0 Å². The van der Waals surface area contributed by atoms with Crippen molar-refractivity contribution in [2.24, 2.45) is 0 Å². The fourth-order valence-electron chi connectivity index (χ4n) is 1.78. The van der Waals surface area contributed by atoms with Crippen LogP contribution >= 0.6 is 0 Å². The number of rotatable bonds is 5. The first-order valence-corrected chi connectivity index (χ1v) is 7.51. The van der Waals surface area contributed by atoms with Gasteiger partial charge in [-0.15, -0.1) is 0 Å². The van der Waals surface area contributed by atoms with Crippen molar-refractivity contribution in [1.29, 1.82) is 0 Å². The second kappa shape index (κ2) is 5.82. The second-order valence-electron chi connectivity index (χ2n) is 4.12. The first-order chi connectivity index (χ1) is 8.66. The Morgan fingerprint density at radius 3 is 3.00 bits per heavy atom. The minimum absolute atomic E-state index is 0.230. The zero-order valence-corrected chi connectivity index (χ0v) is 11.0. The van der Waals surface area contributed by atoms with Crippen LogP contribution in [0.4, 0.5) is 5.82 Å². The van der Waals surface area contributed by atoms with Crippen LogP contribution < -0.4 is 5.32 Å². The highest BCUT2D eigenvalue weighted by molar-refractivity contribution is 7.84. The van der Waals surface area contributed by atoms with E-state index < -0.39 is 10.8 Å². The second-order valence-corrected chi connectivity index (χ2v) is 5.68. The van der Waals surface area contributed by atoms with Crippen LogP contribution in [0.3, 0.4) is 0 Å². The quantitative estimate of drug-likeness (QED) is 0.812. The van der Waals surface area contributed by atoms with Gasteiger partial charge in [0.1, 0.15) is 11.6 Å². The number of pyridine rings is 1. The van der Waals surface area contributed by atoms with Crippen molar-refractivity contribution < 1.29 is 9.32 Å². The maximum absolute atomic E-state index is 10.9. The van der Waals surface area contributed by atoms with E-state index in [9.17, 15) is 9.32 Å². The lowest BCUT2D eigenvalue weighted by Crippen LogP contribution is -2.07. The molecule has 0 amide bonds. The van der Waals surface area contributed by atoms with Gasteiger partial charge in [0.2, 0.25) is 0 Å². The Labute approximate surface area is 109 Å². The molecule has 0 saturated carbocycles. The average molecular weight is 264 g/mol. The van der Waals surface area contributed by atoms with Crippen LogP contribution in [0.5, 0.6) is 5.75 Å². The van der Waals surface area contributed by atoms with Gasteiger partial charge in [0.05, 0.1) is 0 Å². The monoisotopic (exact) mass is 264 g/mol. The van der Waals surface area contributed by atoms with E-state index in [4.69, 9.17) is 0 Å². The summed E-state index contributed by atoms with van der Waals surface area (Å²) in [5, 5.41) is 14.6. The third kappa shape index (κ3) is 3.20. The lowest BCUT2D eigenvalue weighted by molar-refractivity contribution is 0.476. The smallest absolute Gasteiger partial charge is 0.133 e. The Kier molecular flexibility index (Phi) is 4.15. The molecule has 0 radical (unpaired) electrons. The van der Waals surface area contributed by atoms with E-state index in [1.807, 2.05) is 12.1 Å². The lowest BCUT2D eigenvalue weighted by Gasteiger charge is -2.08. The van der Waals surface area contributed by atoms with E-state index in [0.717, 1.165) is 29.6 Å². The number of aromatic nitrogens is 1. The number of fused-ring (bicyclic) bond motifs is 1. The SMILES string of the molecule is CS(=O)CCCNc1nccc2ccc(O)cc12. The summed E-state index contributed by atoms with van der Waals surface area (Å²) in [6, 6.07) is 7.12. The van der Waals surface area contributed by atoms with Crippen LogP contribution in [0, 0.1) is 0 Å². The highest BCUT2D eigenvalue weighted by Gasteiger charge is 2.03. The largest absolute Gasteiger partial charge is 0.508 e. The normalized spacial score (nSPS) is 12.5. The van der Waals surface area contributed by atoms with Gasteiger partial charge >= 0.3 is 0 Å². The minimum atomic E-state index is -0.755. The summed E-state index contributed by atoms with van der Waals surface area (Å²) in [7, 11) is -0.755. The molecular weight excluding hydrogens is 248 g/mol. The van der Waals surface area contributed by atoms with Gasteiger partial charge in [-0.2, -0.15) is 0 Å². The van der Waals surface area contributed by atoms with Gasteiger partial charge in [0.25, 0.3) is 0 Å². The van der Waals surface area contributed by atoms with E-state index in [2.05, 4.69) is 10.3 Å². The molecule has 0 aliphatic carbocycles. The van der Waals surface area contributed by atoms with Crippen LogP contribution in [0.1, 0.15) is 6.42 Å². The molecule has 4 nitrogen and oxygen atoms in total. The standard InChI is InChI=1S/C13H16N2O2S/c1-18(17)8-2-6-14-13-12-9-11(16)4-3-10(12)5-7-15-13/h3-5,7,9,16H,2,6,8H2,1H3,(H,14,15). The predicted molar refractivity (Wildman–Crippen MR) is 75.4 cm³/mol. The fraction of sp³-hybridized carbons (Fsp3) is 0.308. The summed E-state index contributed by atoms with van der Waals surface area (Å²) < 4.78 is 10.9. The molecule has 0 fully saturated rings. The molecule has 1 aromatic carbocycles. The molecule has 18 heavy (non-hydrogen) atoms. The van der Waals surface area contributed by atoms with Crippen LogP contribution in [0.25, 0.3) is 10.8 Å². The Hall–Kier alpha value is -1.62. The van der Waals surface area contributed by atoms with Crippen molar-refractivity contribution >= 4 is 27.4 Å². The number of nitrogens with one attached hydrogen (secondary N) is 1. The maximum atomic E-state index is 10.9. The molecule has 2 rings (SSSR count). The van der Waals surface area contributed by atoms with Gasteiger partial charge in [-0.25, -0.2) is 4.98 Å². The summed E-state index contributed by atoms with van der Waals surface area (Å²) in [5.41, 5.74) is 0. The zero-order chi connectivity index (χ0) is 13.0. The van der Waals surface area contributed by atoms with Gasteiger partial charge in [0.15, 0.2) is 0 Å². The molecule has 96 valence electrons. The number of phenolic OH excluding ortho intramolecular Hbond substituents is 1. The zero-order valence-electron chi connectivity index (χ0n) is 10.2. The first-order valence-electron chi connectivity index (χ1n) is 5.78. The Bertz CT molecular complexity index is 572. The summed E-state index contributed by atoms with van der Waals surface area (Å²) in [6.45, 7) is 0.724. The Morgan fingerprint density at radius 2 is 2.22 bits per heavy atom. The third-order valence-corrected chi connectivity index (χ3v) is 3.51. The number of phenols is 1. The number of aromatic hydroxyl groups is 1. The maximum Gasteiger partial charge on any atom is 0.133 e. The summed E-state index contributed by atoms with van der Waals surface area (Å²) in [5.74, 6) is 1.67. The number of anilines is 1. The van der Waals surface area contributed by atoms with Gasteiger partial charge in [-0.1, -0.05) is 6.07 Å². The Balaban J connectivity index is 2.12. The minimum Gasteiger partial charge on any atom is -0.508 e. The molecule has 0 bridgehead atoms. The lowest BCUT2D eigenvalue weighted by atomic mass is 10.1. The summed E-state index contributed by atoms with van der Waals surface area (Å²) in [6.07, 6.45) is 4.27. The third-order valence-electron chi connectivity index (χ3n) is 2.65. The molecule has 1 atom stereocenters. The van der Waals surface area contributed by atoms with Crippen LogP contribution in [-0.2, 0) is 10.8 Å². The molecule has 1 aromatic heterocycles. The Morgan fingerprint density at radius 1 is 1.39 bits per heavy atom. The first kappa shape index (κ1) is 12.8. The van der Waals surface area contributed by atoms with E-state index in [1.165, 1.54) is 0 Å². The highest BCUT2D eigenvalue weighted by Crippen LogP contribution is 2.24. The molecule has 2 aromatic rings. The topological polar surface area (TPSA) is 62.2 Å². The van der Waals surface area contributed by atoms with Crippen molar-refractivity contribution in [1.82, 2.24) is 4.98 Å². The number of nitrogens with zero attached hydrogens (tertiary/aromatic N) is 1. The van der Waals surface area contributed by atoms with Crippen molar-refractivity contribution in [3.8, 4) is 5.75 Å². The van der Waals surface area contributed by atoms with Crippen LogP contribution in [0.2, 0.25) is 0 Å². The van der Waals surface area contributed by atoms with E-state index in [-0.39, 0.29) is 5.75 Å². The molecule has 0 saturated heterocycles. The number of hydrogen-bond donors (Lipinski definition) is 2. The van der Waals surface area contributed by atoms with E-state index >= 15 is 0 Å². The summed E-state index contributed by atoms with van der Waals surface area (Å²) in [4.78, 5) is 4.27. The van der Waals surface area contributed by atoms with E-state index in [0.29, 0.717) is 5.75 Å². The molecular formula is C13H16N2O2S. The number of hydrogen-bond acceptors (Lipinski definition) is 4. The van der Waals surface area contributed by atoms with E-state index in [1.54, 1.807) is 24.6 Å². The molecule has 2 N–H and O–H groups in total. The molecule has 0 aliphatic rings. The molecule has 0 spiro atoms. The predicted octanol–water partition coefficient (Wildman–Crippen LogP) is 2.12. The van der Waals surface area contributed by atoms with Crippen molar-refractivity contribution in [2.75, 3.05) is 23.9 Å².